The van der Waals surface area contributed by atoms with Crippen molar-refractivity contribution in [3.8, 4) is 0 Å². The SMILES string of the molecule is OCc1cnc(SCc2ccc(Br)cc2)n1Cc1ccccc1. The average Bonchev–Trinajstić information content (AvgIpc) is 2.97. The summed E-state index contributed by atoms with van der Waals surface area (Å²) in [5, 5.41) is 10.5. The highest BCUT2D eigenvalue weighted by Gasteiger charge is 2.10. The molecule has 0 bridgehead atoms. The Morgan fingerprint density at radius 3 is 2.43 bits per heavy atom. The van der Waals surface area contributed by atoms with Gasteiger partial charge in [0.15, 0.2) is 5.16 Å². The van der Waals surface area contributed by atoms with Crippen LogP contribution in [-0.4, -0.2) is 14.7 Å². The van der Waals surface area contributed by atoms with E-state index < -0.39 is 0 Å². The molecule has 0 unspecified atom stereocenters. The van der Waals surface area contributed by atoms with Gasteiger partial charge in [-0.15, -0.1) is 0 Å². The second kappa shape index (κ2) is 7.81. The molecule has 0 saturated heterocycles. The van der Waals surface area contributed by atoms with Gasteiger partial charge in [-0.3, -0.25) is 0 Å². The Kier molecular flexibility index (Phi) is 5.54. The van der Waals surface area contributed by atoms with Crippen molar-refractivity contribution >= 4 is 27.7 Å². The molecule has 5 heteroatoms. The van der Waals surface area contributed by atoms with Crippen molar-refractivity contribution < 1.29 is 5.11 Å². The summed E-state index contributed by atoms with van der Waals surface area (Å²) in [6.45, 7) is 0.720. The number of imidazole rings is 1. The predicted molar refractivity (Wildman–Crippen MR) is 97.4 cm³/mol. The lowest BCUT2D eigenvalue weighted by atomic mass is 10.2. The van der Waals surface area contributed by atoms with Gasteiger partial charge in [-0.2, -0.15) is 0 Å². The van der Waals surface area contributed by atoms with Crippen LogP contribution in [0.15, 0.2) is 70.4 Å². The number of rotatable bonds is 6. The molecule has 0 spiro atoms. The van der Waals surface area contributed by atoms with Crippen LogP contribution >= 0.6 is 27.7 Å². The average molecular weight is 389 g/mol. The molecule has 3 aromatic rings. The Morgan fingerprint density at radius 1 is 1.00 bits per heavy atom. The lowest BCUT2D eigenvalue weighted by Gasteiger charge is -2.11. The fourth-order valence-corrected chi connectivity index (χ4v) is 3.51. The van der Waals surface area contributed by atoms with E-state index in [0.717, 1.165) is 27.6 Å². The summed E-state index contributed by atoms with van der Waals surface area (Å²) in [5.74, 6) is 0.851. The van der Waals surface area contributed by atoms with E-state index >= 15 is 0 Å². The van der Waals surface area contributed by atoms with Gasteiger partial charge in [0.2, 0.25) is 0 Å². The van der Waals surface area contributed by atoms with E-state index in [4.69, 9.17) is 0 Å². The van der Waals surface area contributed by atoms with Crippen LogP contribution in [0.25, 0.3) is 0 Å². The fraction of sp³-hybridized carbons (Fsp3) is 0.167. The molecule has 0 fully saturated rings. The highest BCUT2D eigenvalue weighted by atomic mass is 79.9. The van der Waals surface area contributed by atoms with Gasteiger partial charge in [-0.25, -0.2) is 4.98 Å². The third kappa shape index (κ3) is 4.25. The molecule has 0 radical (unpaired) electrons. The van der Waals surface area contributed by atoms with Crippen LogP contribution in [0.3, 0.4) is 0 Å². The van der Waals surface area contributed by atoms with Crippen LogP contribution in [0.5, 0.6) is 0 Å². The number of benzene rings is 2. The molecule has 1 heterocycles. The third-order valence-electron chi connectivity index (χ3n) is 3.53. The van der Waals surface area contributed by atoms with E-state index in [-0.39, 0.29) is 6.61 Å². The van der Waals surface area contributed by atoms with Gasteiger partial charge in [0.05, 0.1) is 18.5 Å². The topological polar surface area (TPSA) is 38.1 Å². The summed E-state index contributed by atoms with van der Waals surface area (Å²) >= 11 is 5.14. The van der Waals surface area contributed by atoms with Gasteiger partial charge in [0.1, 0.15) is 0 Å². The second-order valence-electron chi connectivity index (χ2n) is 5.18. The maximum Gasteiger partial charge on any atom is 0.168 e. The number of aliphatic hydroxyl groups is 1. The summed E-state index contributed by atoms with van der Waals surface area (Å²) in [6.07, 6.45) is 1.76. The summed E-state index contributed by atoms with van der Waals surface area (Å²) in [4.78, 5) is 4.47. The van der Waals surface area contributed by atoms with Crippen LogP contribution in [0, 0.1) is 0 Å². The number of aromatic nitrogens is 2. The molecule has 0 aliphatic heterocycles. The van der Waals surface area contributed by atoms with Crippen molar-refractivity contribution in [2.24, 2.45) is 0 Å². The maximum absolute atomic E-state index is 9.55. The van der Waals surface area contributed by atoms with Crippen LogP contribution in [-0.2, 0) is 18.9 Å². The Balaban J connectivity index is 1.76. The standard InChI is InChI=1S/C18H17BrN2OS/c19-16-8-6-15(7-9-16)13-23-18-20-10-17(12-22)21(18)11-14-4-2-1-3-5-14/h1-10,22H,11-13H2. The number of aliphatic hydroxyl groups excluding tert-OH is 1. The van der Waals surface area contributed by atoms with Crippen molar-refractivity contribution in [3.05, 3.63) is 82.1 Å². The first kappa shape index (κ1) is 16.3. The second-order valence-corrected chi connectivity index (χ2v) is 7.04. The Hall–Kier alpha value is -1.56. The molecular formula is C18H17BrN2OS. The molecule has 3 rings (SSSR count). The van der Waals surface area contributed by atoms with Crippen LogP contribution in [0.2, 0.25) is 0 Å². The maximum atomic E-state index is 9.55. The Bertz CT molecular complexity index is 756. The third-order valence-corrected chi connectivity index (χ3v) is 5.12. The molecule has 0 aliphatic carbocycles. The molecule has 0 atom stereocenters. The molecule has 0 aliphatic rings. The smallest absolute Gasteiger partial charge is 0.168 e. The van der Waals surface area contributed by atoms with Gasteiger partial charge in [-0.1, -0.05) is 70.2 Å². The first-order valence-corrected chi connectivity index (χ1v) is 9.10. The normalized spacial score (nSPS) is 10.9. The number of hydrogen-bond acceptors (Lipinski definition) is 3. The predicted octanol–water partition coefficient (Wildman–Crippen LogP) is 4.48. The van der Waals surface area contributed by atoms with E-state index in [1.807, 2.05) is 30.3 Å². The highest BCUT2D eigenvalue weighted by Crippen LogP contribution is 2.25. The van der Waals surface area contributed by atoms with Gasteiger partial charge >= 0.3 is 0 Å². The van der Waals surface area contributed by atoms with Gasteiger partial charge in [0.25, 0.3) is 0 Å². The van der Waals surface area contributed by atoms with Crippen molar-refractivity contribution in [1.29, 1.82) is 0 Å². The van der Waals surface area contributed by atoms with Gasteiger partial charge in [0, 0.05) is 16.8 Å². The zero-order valence-corrected chi connectivity index (χ0v) is 14.9. The van der Waals surface area contributed by atoms with E-state index in [2.05, 4.69) is 49.7 Å². The lowest BCUT2D eigenvalue weighted by molar-refractivity contribution is 0.270. The molecule has 3 nitrogen and oxygen atoms in total. The summed E-state index contributed by atoms with van der Waals surface area (Å²) < 4.78 is 3.16. The van der Waals surface area contributed by atoms with Gasteiger partial charge < -0.3 is 9.67 Å². The largest absolute Gasteiger partial charge is 0.390 e. The van der Waals surface area contributed by atoms with Crippen molar-refractivity contribution in [3.63, 3.8) is 0 Å². The Labute approximate surface area is 148 Å². The Morgan fingerprint density at radius 2 is 1.74 bits per heavy atom. The molecule has 0 saturated carbocycles. The minimum absolute atomic E-state index is 0.00131. The van der Waals surface area contributed by atoms with Crippen molar-refractivity contribution in [2.45, 2.75) is 24.1 Å². The van der Waals surface area contributed by atoms with E-state index in [0.29, 0.717) is 0 Å². The molecule has 2 aromatic carbocycles. The van der Waals surface area contributed by atoms with Crippen LogP contribution < -0.4 is 0 Å². The minimum Gasteiger partial charge on any atom is -0.390 e. The monoisotopic (exact) mass is 388 g/mol. The molecule has 23 heavy (non-hydrogen) atoms. The quantitative estimate of drug-likeness (QED) is 0.632. The molecule has 1 N–H and O–H groups in total. The summed E-state index contributed by atoms with van der Waals surface area (Å²) in [6, 6.07) is 18.5. The van der Waals surface area contributed by atoms with Crippen molar-refractivity contribution in [1.82, 2.24) is 9.55 Å². The summed E-state index contributed by atoms with van der Waals surface area (Å²) in [5.41, 5.74) is 3.29. The van der Waals surface area contributed by atoms with E-state index in [1.165, 1.54) is 11.1 Å². The van der Waals surface area contributed by atoms with Gasteiger partial charge in [-0.05, 0) is 23.3 Å². The van der Waals surface area contributed by atoms with E-state index in [9.17, 15) is 5.11 Å². The lowest BCUT2D eigenvalue weighted by Crippen LogP contribution is -2.06. The summed E-state index contributed by atoms with van der Waals surface area (Å²) in [7, 11) is 0. The minimum atomic E-state index is -0.00131. The van der Waals surface area contributed by atoms with E-state index in [1.54, 1.807) is 18.0 Å². The first-order valence-electron chi connectivity index (χ1n) is 7.32. The number of nitrogens with zero attached hydrogens (tertiary/aromatic N) is 2. The highest BCUT2D eigenvalue weighted by molar-refractivity contribution is 9.10. The molecular weight excluding hydrogens is 372 g/mol. The first-order chi connectivity index (χ1) is 11.3. The molecule has 1 aromatic heterocycles. The van der Waals surface area contributed by atoms with Crippen LogP contribution in [0.4, 0.5) is 0 Å². The van der Waals surface area contributed by atoms with Crippen LogP contribution in [0.1, 0.15) is 16.8 Å². The van der Waals surface area contributed by atoms with Crippen molar-refractivity contribution in [2.75, 3.05) is 0 Å². The number of hydrogen-bond donors (Lipinski definition) is 1. The fourth-order valence-electron chi connectivity index (χ4n) is 2.30. The number of halogens is 1. The zero-order chi connectivity index (χ0) is 16.1. The zero-order valence-electron chi connectivity index (χ0n) is 12.5. The molecule has 118 valence electrons. The molecule has 0 amide bonds. The number of thioether (sulfide) groups is 1.